The van der Waals surface area contributed by atoms with Crippen LogP contribution in [-0.4, -0.2) is 46.8 Å². The van der Waals surface area contributed by atoms with E-state index in [4.69, 9.17) is 10.00 Å². The van der Waals surface area contributed by atoms with E-state index in [1.165, 1.54) is 0 Å². The molecule has 2 rings (SSSR count). The van der Waals surface area contributed by atoms with E-state index in [1.807, 2.05) is 42.8 Å². The molecule has 0 fully saturated rings. The Balaban J connectivity index is 1.93. The normalized spacial score (nSPS) is 10.8. The lowest BCUT2D eigenvalue weighted by Gasteiger charge is -2.19. The predicted octanol–water partition coefficient (Wildman–Crippen LogP) is 3.71. The number of para-hydroxylation sites is 2. The predicted molar refractivity (Wildman–Crippen MR) is 119 cm³/mol. The summed E-state index contributed by atoms with van der Waals surface area (Å²) in [6.07, 6.45) is 1.40. The molecule has 0 aliphatic carbocycles. The van der Waals surface area contributed by atoms with Crippen molar-refractivity contribution in [1.29, 1.82) is 5.26 Å². The first kappa shape index (κ1) is 23.4. The van der Waals surface area contributed by atoms with Gasteiger partial charge in [0.05, 0.1) is 30.4 Å². The van der Waals surface area contributed by atoms with E-state index in [9.17, 15) is 4.79 Å². The number of amides is 1. The lowest BCUT2D eigenvalue weighted by atomic mass is 10.1. The summed E-state index contributed by atoms with van der Waals surface area (Å²) in [4.78, 5) is 14.9. The minimum Gasteiger partial charge on any atom is -0.490 e. The maximum atomic E-state index is 12.6. The van der Waals surface area contributed by atoms with Gasteiger partial charge in [0.25, 0.3) is 0 Å². The van der Waals surface area contributed by atoms with Crippen molar-refractivity contribution < 1.29 is 9.53 Å². The lowest BCUT2D eigenvalue weighted by Crippen LogP contribution is -2.28. The van der Waals surface area contributed by atoms with E-state index in [1.54, 1.807) is 0 Å². The number of nitrogens with zero attached hydrogens (tertiary/aromatic N) is 4. The molecule has 30 heavy (non-hydrogen) atoms. The topological polar surface area (TPSA) is 83.2 Å². The number of hydrogen-bond acceptors (Lipinski definition) is 5. The molecule has 7 nitrogen and oxygen atoms in total. The van der Waals surface area contributed by atoms with Crippen LogP contribution in [0.25, 0.3) is 0 Å². The first-order chi connectivity index (χ1) is 14.5. The largest absolute Gasteiger partial charge is 0.490 e. The number of nitrogens with one attached hydrogen (secondary N) is 1. The molecule has 0 aliphatic rings. The second-order valence-electron chi connectivity index (χ2n) is 7.20. The van der Waals surface area contributed by atoms with Gasteiger partial charge in [-0.05, 0) is 51.1 Å². The zero-order valence-electron chi connectivity index (χ0n) is 18.6. The van der Waals surface area contributed by atoms with Gasteiger partial charge in [-0.3, -0.25) is 9.48 Å². The fourth-order valence-electron chi connectivity index (χ4n) is 3.44. The number of ether oxygens (including phenoxy) is 1. The Morgan fingerprint density at radius 1 is 1.27 bits per heavy atom. The molecule has 0 saturated heterocycles. The standard InChI is InChI=1S/C23H33N5O2/c1-5-27(6-2)16-17-30-22-11-8-7-10-21(22)25-23(29)13-12-20-18(3)26-28(19(20)4)15-9-14-24/h7-8,10-11H,5-6,9,12-13,15-17H2,1-4H3,(H,25,29). The van der Waals surface area contributed by atoms with Gasteiger partial charge in [0.15, 0.2) is 0 Å². The molecule has 162 valence electrons. The van der Waals surface area contributed by atoms with Gasteiger partial charge < -0.3 is 15.0 Å². The summed E-state index contributed by atoms with van der Waals surface area (Å²) in [6, 6.07) is 9.68. The Hall–Kier alpha value is -2.85. The van der Waals surface area contributed by atoms with Crippen molar-refractivity contribution in [1.82, 2.24) is 14.7 Å². The lowest BCUT2D eigenvalue weighted by molar-refractivity contribution is -0.116. The van der Waals surface area contributed by atoms with Crippen LogP contribution in [-0.2, 0) is 17.8 Å². The van der Waals surface area contributed by atoms with Crippen LogP contribution >= 0.6 is 0 Å². The summed E-state index contributed by atoms with van der Waals surface area (Å²) in [6.45, 7) is 12.2. The summed E-state index contributed by atoms with van der Waals surface area (Å²) in [5.74, 6) is 0.632. The van der Waals surface area contributed by atoms with Crippen LogP contribution in [0.2, 0.25) is 0 Å². The smallest absolute Gasteiger partial charge is 0.224 e. The number of aromatic nitrogens is 2. The maximum absolute atomic E-state index is 12.6. The highest BCUT2D eigenvalue weighted by Gasteiger charge is 2.14. The van der Waals surface area contributed by atoms with Crippen LogP contribution in [0, 0.1) is 25.2 Å². The molecule has 7 heteroatoms. The summed E-state index contributed by atoms with van der Waals surface area (Å²) < 4.78 is 7.77. The van der Waals surface area contributed by atoms with Gasteiger partial charge in [-0.1, -0.05) is 26.0 Å². The molecule has 2 aromatic rings. The van der Waals surface area contributed by atoms with Gasteiger partial charge in [-0.2, -0.15) is 10.4 Å². The summed E-state index contributed by atoms with van der Waals surface area (Å²) in [5, 5.41) is 16.3. The quantitative estimate of drug-likeness (QED) is 0.576. The molecule has 1 amide bonds. The average molecular weight is 412 g/mol. The first-order valence-electron chi connectivity index (χ1n) is 10.6. The van der Waals surface area contributed by atoms with Gasteiger partial charge in [-0.25, -0.2) is 0 Å². The highest BCUT2D eigenvalue weighted by atomic mass is 16.5. The van der Waals surface area contributed by atoms with E-state index < -0.39 is 0 Å². The number of hydrogen-bond donors (Lipinski definition) is 1. The second-order valence-corrected chi connectivity index (χ2v) is 7.20. The third-order valence-electron chi connectivity index (χ3n) is 5.29. The average Bonchev–Trinajstić information content (AvgIpc) is 3.02. The fraction of sp³-hybridized carbons (Fsp3) is 0.522. The Bertz CT molecular complexity index is 865. The minimum atomic E-state index is -0.0571. The van der Waals surface area contributed by atoms with E-state index in [0.717, 1.165) is 36.6 Å². The van der Waals surface area contributed by atoms with Gasteiger partial charge in [0, 0.05) is 18.7 Å². The van der Waals surface area contributed by atoms with E-state index in [-0.39, 0.29) is 5.91 Å². The van der Waals surface area contributed by atoms with Gasteiger partial charge in [0.1, 0.15) is 12.4 Å². The number of aryl methyl sites for hydroxylation is 2. The molecule has 1 N–H and O–H groups in total. The highest BCUT2D eigenvalue weighted by molar-refractivity contribution is 5.92. The van der Waals surface area contributed by atoms with Crippen LogP contribution in [0.1, 0.15) is 43.6 Å². The summed E-state index contributed by atoms with van der Waals surface area (Å²) in [5.41, 5.74) is 3.71. The van der Waals surface area contributed by atoms with Crippen molar-refractivity contribution in [3.8, 4) is 11.8 Å². The maximum Gasteiger partial charge on any atom is 0.224 e. The molecule has 1 heterocycles. The van der Waals surface area contributed by atoms with Crippen LogP contribution in [0.4, 0.5) is 5.69 Å². The minimum absolute atomic E-state index is 0.0571. The van der Waals surface area contributed by atoms with Gasteiger partial charge >= 0.3 is 0 Å². The van der Waals surface area contributed by atoms with E-state index in [2.05, 4.69) is 35.2 Å². The molecule has 0 aliphatic heterocycles. The molecule has 0 spiro atoms. The van der Waals surface area contributed by atoms with Crippen LogP contribution in [0.3, 0.4) is 0 Å². The Morgan fingerprint density at radius 3 is 2.70 bits per heavy atom. The van der Waals surface area contributed by atoms with Crippen molar-refractivity contribution in [2.75, 3.05) is 31.6 Å². The number of likely N-dealkylation sites (N-methyl/N-ethyl adjacent to an activating group) is 1. The molecule has 0 bridgehead atoms. The number of benzene rings is 1. The third-order valence-corrected chi connectivity index (χ3v) is 5.29. The second kappa shape index (κ2) is 12.0. The van der Waals surface area contributed by atoms with Gasteiger partial charge in [-0.15, -0.1) is 0 Å². The molecule has 0 radical (unpaired) electrons. The first-order valence-corrected chi connectivity index (χ1v) is 10.6. The van der Waals surface area contributed by atoms with Gasteiger partial charge in [0.2, 0.25) is 5.91 Å². The molecular formula is C23H33N5O2. The molecule has 0 saturated carbocycles. The van der Waals surface area contributed by atoms with E-state index in [0.29, 0.717) is 43.9 Å². The fourth-order valence-corrected chi connectivity index (χ4v) is 3.44. The van der Waals surface area contributed by atoms with E-state index >= 15 is 0 Å². The monoisotopic (exact) mass is 411 g/mol. The van der Waals surface area contributed by atoms with Crippen LogP contribution in [0.5, 0.6) is 5.75 Å². The zero-order chi connectivity index (χ0) is 21.9. The third kappa shape index (κ3) is 6.60. The molecular weight excluding hydrogens is 378 g/mol. The number of anilines is 1. The number of rotatable bonds is 12. The SMILES string of the molecule is CCN(CC)CCOc1ccccc1NC(=O)CCc1c(C)nn(CCC#N)c1C. The molecule has 0 unspecified atom stereocenters. The Labute approximate surface area is 179 Å². The van der Waals surface area contributed by atoms with Crippen molar-refractivity contribution >= 4 is 11.6 Å². The van der Waals surface area contributed by atoms with Crippen LogP contribution < -0.4 is 10.1 Å². The molecule has 1 aromatic heterocycles. The highest BCUT2D eigenvalue weighted by Crippen LogP contribution is 2.24. The Kier molecular flexibility index (Phi) is 9.36. The van der Waals surface area contributed by atoms with Crippen LogP contribution in [0.15, 0.2) is 24.3 Å². The molecule has 0 atom stereocenters. The van der Waals surface area contributed by atoms with Crippen molar-refractivity contribution in [2.45, 2.75) is 53.5 Å². The zero-order valence-corrected chi connectivity index (χ0v) is 18.6. The van der Waals surface area contributed by atoms with Crippen molar-refractivity contribution in [3.63, 3.8) is 0 Å². The number of carbonyl (C=O) groups is 1. The number of carbonyl (C=O) groups excluding carboxylic acids is 1. The summed E-state index contributed by atoms with van der Waals surface area (Å²) in [7, 11) is 0. The molecule has 1 aromatic carbocycles. The van der Waals surface area contributed by atoms with Crippen molar-refractivity contribution in [3.05, 3.63) is 41.2 Å². The Morgan fingerprint density at radius 2 is 2.00 bits per heavy atom. The summed E-state index contributed by atoms with van der Waals surface area (Å²) >= 11 is 0. The van der Waals surface area contributed by atoms with Crippen molar-refractivity contribution in [2.24, 2.45) is 0 Å². The number of nitriles is 1.